The highest BCUT2D eigenvalue weighted by atomic mass is 35.5. The van der Waals surface area contributed by atoms with Crippen LogP contribution in [0, 0.1) is 0 Å². The minimum absolute atomic E-state index is 0.0511. The van der Waals surface area contributed by atoms with Crippen LogP contribution in [0.5, 0.6) is 0 Å². The van der Waals surface area contributed by atoms with Gasteiger partial charge in [0.15, 0.2) is 0 Å². The molecule has 4 heteroatoms. The normalized spacial score (nSPS) is 22.3. The molecule has 1 aromatic carbocycles. The Bertz CT molecular complexity index is 473. The number of carbonyl (C=O) groups excluding carboxylic acids is 1. The Labute approximate surface area is 119 Å². The molecule has 0 aliphatic carbocycles. The molecule has 3 nitrogen and oxygen atoms in total. The largest absolute Gasteiger partial charge is 0.369 e. The molecule has 0 aromatic heterocycles. The van der Waals surface area contributed by atoms with Crippen molar-refractivity contribution in [3.05, 3.63) is 35.4 Å². The Balaban J connectivity index is 2.18. The quantitative estimate of drug-likeness (QED) is 0.780. The maximum absolute atomic E-state index is 12.5. The highest BCUT2D eigenvalue weighted by Crippen LogP contribution is 2.22. The van der Waals surface area contributed by atoms with Crippen molar-refractivity contribution in [2.75, 3.05) is 13.1 Å². The van der Waals surface area contributed by atoms with E-state index in [0.717, 1.165) is 5.56 Å². The van der Waals surface area contributed by atoms with Crippen LogP contribution < -0.4 is 0 Å². The van der Waals surface area contributed by atoms with Crippen molar-refractivity contribution in [1.29, 1.82) is 0 Å². The van der Waals surface area contributed by atoms with E-state index in [4.69, 9.17) is 16.3 Å². The first-order chi connectivity index (χ1) is 8.91. The molecule has 2 rings (SSSR count). The van der Waals surface area contributed by atoms with Gasteiger partial charge in [-0.1, -0.05) is 12.1 Å². The van der Waals surface area contributed by atoms with Gasteiger partial charge in [-0.15, -0.1) is 11.6 Å². The topological polar surface area (TPSA) is 29.5 Å². The molecule has 1 atom stereocenters. The molecule has 1 unspecified atom stereocenters. The zero-order valence-electron chi connectivity index (χ0n) is 11.6. The minimum atomic E-state index is -0.294. The second kappa shape index (κ2) is 5.51. The van der Waals surface area contributed by atoms with Crippen LogP contribution in [0.3, 0.4) is 0 Å². The SMILES string of the molecule is CC1CN(C(=O)c2cccc(CCl)c2)CC(C)(C)O1. The van der Waals surface area contributed by atoms with E-state index in [1.807, 2.05) is 49.9 Å². The van der Waals surface area contributed by atoms with Gasteiger partial charge in [0.05, 0.1) is 11.7 Å². The van der Waals surface area contributed by atoms with Gasteiger partial charge in [-0.3, -0.25) is 4.79 Å². The molecule has 1 aliphatic heterocycles. The minimum Gasteiger partial charge on any atom is -0.369 e. The summed E-state index contributed by atoms with van der Waals surface area (Å²) < 4.78 is 5.82. The summed E-state index contributed by atoms with van der Waals surface area (Å²) in [6.45, 7) is 7.27. The lowest BCUT2D eigenvalue weighted by Crippen LogP contribution is -2.53. The molecule has 1 aromatic rings. The van der Waals surface area contributed by atoms with Crippen LogP contribution in [0.25, 0.3) is 0 Å². The van der Waals surface area contributed by atoms with Gasteiger partial charge in [0.1, 0.15) is 0 Å². The molecule has 0 spiro atoms. The first kappa shape index (κ1) is 14.4. The van der Waals surface area contributed by atoms with E-state index >= 15 is 0 Å². The Morgan fingerprint density at radius 2 is 2.26 bits per heavy atom. The van der Waals surface area contributed by atoms with E-state index in [9.17, 15) is 4.79 Å². The van der Waals surface area contributed by atoms with Gasteiger partial charge < -0.3 is 9.64 Å². The van der Waals surface area contributed by atoms with E-state index in [1.165, 1.54) is 0 Å². The third kappa shape index (κ3) is 3.48. The van der Waals surface area contributed by atoms with E-state index < -0.39 is 0 Å². The second-order valence-electron chi connectivity index (χ2n) is 5.71. The maximum atomic E-state index is 12.5. The average molecular weight is 282 g/mol. The number of hydrogen-bond acceptors (Lipinski definition) is 2. The van der Waals surface area contributed by atoms with Crippen molar-refractivity contribution in [1.82, 2.24) is 4.90 Å². The molecule has 0 saturated carbocycles. The Kier molecular flexibility index (Phi) is 4.16. The van der Waals surface area contributed by atoms with E-state index in [-0.39, 0.29) is 17.6 Å². The lowest BCUT2D eigenvalue weighted by molar-refractivity contribution is -0.118. The van der Waals surface area contributed by atoms with E-state index in [2.05, 4.69) is 0 Å². The summed E-state index contributed by atoms with van der Waals surface area (Å²) in [7, 11) is 0. The summed E-state index contributed by atoms with van der Waals surface area (Å²) in [5.41, 5.74) is 1.37. The first-order valence-electron chi connectivity index (χ1n) is 6.53. The number of amides is 1. The Hall–Kier alpha value is -1.06. The third-order valence-corrected chi connectivity index (χ3v) is 3.49. The fourth-order valence-electron chi connectivity index (χ4n) is 2.58. The molecule has 0 radical (unpaired) electrons. The van der Waals surface area contributed by atoms with Crippen LogP contribution in [-0.4, -0.2) is 35.6 Å². The summed E-state index contributed by atoms with van der Waals surface area (Å²) in [5.74, 6) is 0.474. The zero-order chi connectivity index (χ0) is 14.0. The van der Waals surface area contributed by atoms with Crippen molar-refractivity contribution < 1.29 is 9.53 Å². The number of hydrogen-bond donors (Lipinski definition) is 0. The molecule has 0 N–H and O–H groups in total. The van der Waals surface area contributed by atoms with Crippen LogP contribution in [-0.2, 0) is 10.6 Å². The number of nitrogens with zero attached hydrogens (tertiary/aromatic N) is 1. The predicted molar refractivity (Wildman–Crippen MR) is 76.5 cm³/mol. The molecule has 104 valence electrons. The van der Waals surface area contributed by atoms with Crippen LogP contribution in [0.15, 0.2) is 24.3 Å². The molecular formula is C15H20ClNO2. The van der Waals surface area contributed by atoms with Crippen molar-refractivity contribution >= 4 is 17.5 Å². The summed E-state index contributed by atoms with van der Waals surface area (Å²) >= 11 is 5.81. The number of benzene rings is 1. The Morgan fingerprint density at radius 3 is 2.89 bits per heavy atom. The number of alkyl halides is 1. The summed E-state index contributed by atoms with van der Waals surface area (Å²) in [6.07, 6.45) is 0.0592. The summed E-state index contributed by atoms with van der Waals surface area (Å²) in [6, 6.07) is 7.50. The van der Waals surface area contributed by atoms with Crippen LogP contribution >= 0.6 is 11.6 Å². The lowest BCUT2D eigenvalue weighted by atomic mass is 10.0. The van der Waals surface area contributed by atoms with Gasteiger partial charge in [-0.05, 0) is 38.5 Å². The van der Waals surface area contributed by atoms with Gasteiger partial charge in [0, 0.05) is 24.5 Å². The van der Waals surface area contributed by atoms with Crippen LogP contribution in [0.1, 0.15) is 36.7 Å². The molecule has 0 bridgehead atoms. The number of carbonyl (C=O) groups is 1. The van der Waals surface area contributed by atoms with Crippen molar-refractivity contribution in [3.63, 3.8) is 0 Å². The van der Waals surface area contributed by atoms with Crippen molar-refractivity contribution in [3.8, 4) is 0 Å². The monoisotopic (exact) mass is 281 g/mol. The smallest absolute Gasteiger partial charge is 0.254 e. The maximum Gasteiger partial charge on any atom is 0.254 e. The van der Waals surface area contributed by atoms with Gasteiger partial charge in [0.2, 0.25) is 0 Å². The predicted octanol–water partition coefficient (Wildman–Crippen LogP) is 3.06. The fourth-order valence-corrected chi connectivity index (χ4v) is 2.74. The van der Waals surface area contributed by atoms with Gasteiger partial charge in [-0.25, -0.2) is 0 Å². The molecule has 1 amide bonds. The number of halogens is 1. The van der Waals surface area contributed by atoms with Gasteiger partial charge >= 0.3 is 0 Å². The molecule has 19 heavy (non-hydrogen) atoms. The molecule has 1 aliphatic rings. The van der Waals surface area contributed by atoms with E-state index in [1.54, 1.807) is 0 Å². The van der Waals surface area contributed by atoms with Crippen molar-refractivity contribution in [2.45, 2.75) is 38.4 Å². The molecule has 1 saturated heterocycles. The highest BCUT2D eigenvalue weighted by Gasteiger charge is 2.33. The average Bonchev–Trinajstić information content (AvgIpc) is 2.35. The molecular weight excluding hydrogens is 262 g/mol. The van der Waals surface area contributed by atoms with Crippen molar-refractivity contribution in [2.24, 2.45) is 0 Å². The highest BCUT2D eigenvalue weighted by molar-refractivity contribution is 6.17. The lowest BCUT2D eigenvalue weighted by Gasteiger charge is -2.41. The number of rotatable bonds is 2. The number of ether oxygens (including phenoxy) is 1. The van der Waals surface area contributed by atoms with Crippen LogP contribution in [0.4, 0.5) is 0 Å². The first-order valence-corrected chi connectivity index (χ1v) is 7.07. The molecule has 1 heterocycles. The summed E-state index contributed by atoms with van der Waals surface area (Å²) in [5, 5.41) is 0. The standard InChI is InChI=1S/C15H20ClNO2/c1-11-9-17(10-15(2,3)19-11)14(18)13-6-4-5-12(7-13)8-16/h4-7,11H,8-10H2,1-3H3. The van der Waals surface area contributed by atoms with E-state index in [0.29, 0.717) is 24.5 Å². The number of morpholine rings is 1. The molecule has 1 fully saturated rings. The van der Waals surface area contributed by atoms with Gasteiger partial charge in [0.25, 0.3) is 5.91 Å². The summed E-state index contributed by atoms with van der Waals surface area (Å²) in [4.78, 5) is 14.4. The Morgan fingerprint density at radius 1 is 1.53 bits per heavy atom. The second-order valence-corrected chi connectivity index (χ2v) is 5.98. The zero-order valence-corrected chi connectivity index (χ0v) is 12.4. The van der Waals surface area contributed by atoms with Crippen LogP contribution in [0.2, 0.25) is 0 Å². The third-order valence-electron chi connectivity index (χ3n) is 3.18. The fraction of sp³-hybridized carbons (Fsp3) is 0.533. The van der Waals surface area contributed by atoms with Gasteiger partial charge in [-0.2, -0.15) is 0 Å².